The monoisotopic (exact) mass is 249 g/mol. The first-order chi connectivity index (χ1) is 8.33. The number of thiophene rings is 1. The van der Waals surface area contributed by atoms with Crippen LogP contribution in [0, 0.1) is 0 Å². The van der Waals surface area contributed by atoms with Gasteiger partial charge in [-0.2, -0.15) is 11.3 Å². The highest BCUT2D eigenvalue weighted by atomic mass is 32.1. The summed E-state index contributed by atoms with van der Waals surface area (Å²) in [5.74, 6) is 0.598. The number of methoxy groups -OCH3 is 1. The Labute approximate surface area is 105 Å². The zero-order valence-corrected chi connectivity index (χ0v) is 10.7. The van der Waals surface area contributed by atoms with E-state index in [1.807, 2.05) is 13.1 Å². The van der Waals surface area contributed by atoms with E-state index < -0.39 is 0 Å². The lowest BCUT2D eigenvalue weighted by atomic mass is 10.1. The second-order valence-corrected chi connectivity index (χ2v) is 4.44. The van der Waals surface area contributed by atoms with Gasteiger partial charge in [0.1, 0.15) is 6.33 Å². The molecule has 2 aromatic heterocycles. The van der Waals surface area contributed by atoms with Crippen molar-refractivity contribution in [2.75, 3.05) is 14.2 Å². The molecule has 0 spiro atoms. The average molecular weight is 249 g/mol. The highest BCUT2D eigenvalue weighted by Crippen LogP contribution is 2.19. The standard InChI is InChI=1S/C12H15N3OS/c1-13-10(5-9-3-4-17-7-9)11-6-12(16-2)15-8-14-11/h3-4,6-8,10,13H,5H2,1-2H3. The maximum Gasteiger partial charge on any atom is 0.216 e. The van der Waals surface area contributed by atoms with Gasteiger partial charge in [0.2, 0.25) is 5.88 Å². The lowest BCUT2D eigenvalue weighted by Crippen LogP contribution is -2.20. The van der Waals surface area contributed by atoms with Gasteiger partial charge in [-0.15, -0.1) is 0 Å². The average Bonchev–Trinajstić information content (AvgIpc) is 2.89. The first kappa shape index (κ1) is 12.0. The third-order valence-corrected chi connectivity index (χ3v) is 3.33. The molecule has 1 atom stereocenters. The number of nitrogens with one attached hydrogen (secondary N) is 1. The third kappa shape index (κ3) is 3.01. The van der Waals surface area contributed by atoms with Crippen molar-refractivity contribution in [1.82, 2.24) is 15.3 Å². The van der Waals surface area contributed by atoms with Gasteiger partial charge in [-0.05, 0) is 35.9 Å². The Morgan fingerprint density at radius 2 is 2.35 bits per heavy atom. The molecular formula is C12H15N3OS. The molecule has 90 valence electrons. The van der Waals surface area contributed by atoms with Crippen LogP contribution in [0.5, 0.6) is 5.88 Å². The third-order valence-electron chi connectivity index (χ3n) is 2.60. The van der Waals surface area contributed by atoms with Crippen LogP contribution in [-0.2, 0) is 6.42 Å². The lowest BCUT2D eigenvalue weighted by molar-refractivity contribution is 0.394. The fourth-order valence-corrected chi connectivity index (χ4v) is 2.34. The minimum Gasteiger partial charge on any atom is -0.481 e. The van der Waals surface area contributed by atoms with Crippen LogP contribution in [0.15, 0.2) is 29.2 Å². The summed E-state index contributed by atoms with van der Waals surface area (Å²) in [5.41, 5.74) is 2.26. The van der Waals surface area contributed by atoms with E-state index in [9.17, 15) is 0 Å². The maximum absolute atomic E-state index is 5.11. The van der Waals surface area contributed by atoms with Crippen molar-refractivity contribution in [1.29, 1.82) is 0 Å². The van der Waals surface area contributed by atoms with E-state index >= 15 is 0 Å². The molecule has 2 aromatic rings. The minimum absolute atomic E-state index is 0.182. The molecule has 0 aliphatic heterocycles. The normalized spacial score (nSPS) is 12.4. The van der Waals surface area contributed by atoms with Gasteiger partial charge in [0.05, 0.1) is 18.8 Å². The first-order valence-corrected chi connectivity index (χ1v) is 6.32. The summed E-state index contributed by atoms with van der Waals surface area (Å²) in [6.07, 6.45) is 2.45. The van der Waals surface area contributed by atoms with Crippen LogP contribution in [0.3, 0.4) is 0 Å². The maximum atomic E-state index is 5.11. The molecule has 4 nitrogen and oxygen atoms in total. The summed E-state index contributed by atoms with van der Waals surface area (Å²) >= 11 is 1.71. The molecule has 0 bridgehead atoms. The molecule has 2 heterocycles. The van der Waals surface area contributed by atoms with E-state index in [1.165, 1.54) is 11.9 Å². The van der Waals surface area contributed by atoms with Crippen LogP contribution in [0.2, 0.25) is 0 Å². The van der Waals surface area contributed by atoms with E-state index in [4.69, 9.17) is 4.74 Å². The number of ether oxygens (including phenoxy) is 1. The minimum atomic E-state index is 0.182. The molecule has 0 aliphatic carbocycles. The Hall–Kier alpha value is -1.46. The summed E-state index contributed by atoms with van der Waals surface area (Å²) in [6.45, 7) is 0. The zero-order chi connectivity index (χ0) is 12.1. The quantitative estimate of drug-likeness (QED) is 0.881. The van der Waals surface area contributed by atoms with Crippen molar-refractivity contribution in [2.45, 2.75) is 12.5 Å². The molecule has 1 unspecified atom stereocenters. The van der Waals surface area contributed by atoms with Crippen LogP contribution < -0.4 is 10.1 Å². The van der Waals surface area contributed by atoms with E-state index in [-0.39, 0.29) is 6.04 Å². The Morgan fingerprint density at radius 1 is 1.47 bits per heavy atom. The van der Waals surface area contributed by atoms with Crippen LogP contribution in [0.4, 0.5) is 0 Å². The molecule has 0 fully saturated rings. The van der Waals surface area contributed by atoms with Crippen molar-refractivity contribution in [3.8, 4) is 5.88 Å². The Kier molecular flexibility index (Phi) is 4.06. The molecule has 0 aromatic carbocycles. The second-order valence-electron chi connectivity index (χ2n) is 3.66. The highest BCUT2D eigenvalue weighted by Gasteiger charge is 2.13. The number of likely N-dealkylation sites (N-methyl/N-ethyl adjacent to an activating group) is 1. The van der Waals surface area contributed by atoms with Gasteiger partial charge in [-0.3, -0.25) is 0 Å². The smallest absolute Gasteiger partial charge is 0.216 e. The van der Waals surface area contributed by atoms with Crippen LogP contribution >= 0.6 is 11.3 Å². The highest BCUT2D eigenvalue weighted by molar-refractivity contribution is 7.07. The molecule has 0 saturated carbocycles. The Morgan fingerprint density at radius 3 is 3.00 bits per heavy atom. The first-order valence-electron chi connectivity index (χ1n) is 5.37. The van der Waals surface area contributed by atoms with E-state index in [0.29, 0.717) is 5.88 Å². The van der Waals surface area contributed by atoms with Crippen molar-refractivity contribution in [3.05, 3.63) is 40.5 Å². The summed E-state index contributed by atoms with van der Waals surface area (Å²) in [4.78, 5) is 8.30. The molecule has 0 saturated heterocycles. The summed E-state index contributed by atoms with van der Waals surface area (Å²) in [6, 6.07) is 4.18. The molecule has 0 amide bonds. The molecule has 0 radical (unpaired) electrons. The number of rotatable bonds is 5. The van der Waals surface area contributed by atoms with Gasteiger partial charge in [-0.1, -0.05) is 0 Å². The van der Waals surface area contributed by atoms with Gasteiger partial charge >= 0.3 is 0 Å². The predicted molar refractivity (Wildman–Crippen MR) is 68.4 cm³/mol. The fraction of sp³-hybridized carbons (Fsp3) is 0.333. The van der Waals surface area contributed by atoms with Crippen LogP contribution in [-0.4, -0.2) is 24.1 Å². The van der Waals surface area contributed by atoms with Gasteiger partial charge in [-0.25, -0.2) is 9.97 Å². The van der Waals surface area contributed by atoms with E-state index in [0.717, 1.165) is 12.1 Å². The summed E-state index contributed by atoms with van der Waals surface area (Å²) in [7, 11) is 3.55. The lowest BCUT2D eigenvalue weighted by Gasteiger charge is -2.15. The SMILES string of the molecule is CNC(Cc1ccsc1)c1cc(OC)ncn1. The van der Waals surface area contributed by atoms with Crippen LogP contribution in [0.25, 0.3) is 0 Å². The molecule has 1 N–H and O–H groups in total. The molecule has 17 heavy (non-hydrogen) atoms. The molecule has 2 rings (SSSR count). The van der Waals surface area contributed by atoms with Crippen molar-refractivity contribution in [2.24, 2.45) is 0 Å². The van der Waals surface area contributed by atoms with Gasteiger partial charge in [0.25, 0.3) is 0 Å². The van der Waals surface area contributed by atoms with Crippen molar-refractivity contribution < 1.29 is 4.74 Å². The number of aromatic nitrogens is 2. The van der Waals surface area contributed by atoms with Crippen molar-refractivity contribution >= 4 is 11.3 Å². The topological polar surface area (TPSA) is 47.0 Å². The number of hydrogen-bond donors (Lipinski definition) is 1. The fourth-order valence-electron chi connectivity index (χ4n) is 1.65. The van der Waals surface area contributed by atoms with Gasteiger partial charge < -0.3 is 10.1 Å². The summed E-state index contributed by atoms with van der Waals surface area (Å²) in [5, 5.41) is 7.51. The predicted octanol–water partition coefficient (Wildman–Crippen LogP) is 2.05. The largest absolute Gasteiger partial charge is 0.481 e. The van der Waals surface area contributed by atoms with Gasteiger partial charge in [0.15, 0.2) is 0 Å². The Bertz CT molecular complexity index is 459. The molecular weight excluding hydrogens is 234 g/mol. The van der Waals surface area contributed by atoms with Crippen molar-refractivity contribution in [3.63, 3.8) is 0 Å². The summed E-state index contributed by atoms with van der Waals surface area (Å²) < 4.78 is 5.11. The van der Waals surface area contributed by atoms with E-state index in [2.05, 4.69) is 32.1 Å². The number of hydrogen-bond acceptors (Lipinski definition) is 5. The zero-order valence-electron chi connectivity index (χ0n) is 9.88. The van der Waals surface area contributed by atoms with Crippen LogP contribution in [0.1, 0.15) is 17.3 Å². The second kappa shape index (κ2) is 5.75. The number of nitrogens with zero attached hydrogens (tertiary/aromatic N) is 2. The van der Waals surface area contributed by atoms with E-state index in [1.54, 1.807) is 18.4 Å². The molecule has 5 heteroatoms. The Balaban J connectivity index is 2.16. The molecule has 0 aliphatic rings. The van der Waals surface area contributed by atoms with Gasteiger partial charge in [0, 0.05) is 6.07 Å².